The van der Waals surface area contributed by atoms with Gasteiger partial charge >= 0.3 is 0 Å². The van der Waals surface area contributed by atoms with Crippen molar-refractivity contribution < 1.29 is 0 Å². The number of hydrogen-bond acceptors (Lipinski definition) is 2. The van der Waals surface area contributed by atoms with E-state index in [2.05, 4.69) is 55.0 Å². The standard InChI is InChI=1S/C15H18N2/c1-11-16-9-8-14(17-11)12-6-5-7-13(10-12)15(2,3)4/h5-10H,1-4H3. The molecule has 0 amide bonds. The van der Waals surface area contributed by atoms with Crippen LogP contribution < -0.4 is 0 Å². The molecular formula is C15H18N2. The molecule has 2 heteroatoms. The molecule has 0 aliphatic carbocycles. The third kappa shape index (κ3) is 2.70. The third-order valence-corrected chi connectivity index (χ3v) is 2.80. The first kappa shape index (κ1) is 11.8. The molecule has 0 aliphatic rings. The van der Waals surface area contributed by atoms with Gasteiger partial charge in [-0.2, -0.15) is 0 Å². The smallest absolute Gasteiger partial charge is 0.125 e. The Hall–Kier alpha value is -1.70. The lowest BCUT2D eigenvalue weighted by Gasteiger charge is -2.19. The van der Waals surface area contributed by atoms with E-state index in [1.165, 1.54) is 5.56 Å². The molecule has 1 heterocycles. The second-order valence-electron chi connectivity index (χ2n) is 5.32. The number of hydrogen-bond donors (Lipinski definition) is 0. The zero-order valence-electron chi connectivity index (χ0n) is 10.9. The van der Waals surface area contributed by atoms with E-state index >= 15 is 0 Å². The monoisotopic (exact) mass is 226 g/mol. The molecule has 17 heavy (non-hydrogen) atoms. The summed E-state index contributed by atoms with van der Waals surface area (Å²) < 4.78 is 0. The number of nitrogens with zero attached hydrogens (tertiary/aromatic N) is 2. The summed E-state index contributed by atoms with van der Waals surface area (Å²) >= 11 is 0. The van der Waals surface area contributed by atoms with E-state index in [1.807, 2.05) is 13.0 Å². The van der Waals surface area contributed by atoms with Crippen molar-refractivity contribution in [1.82, 2.24) is 9.97 Å². The molecule has 2 nitrogen and oxygen atoms in total. The minimum absolute atomic E-state index is 0.165. The summed E-state index contributed by atoms with van der Waals surface area (Å²) in [7, 11) is 0. The molecule has 0 saturated carbocycles. The Kier molecular flexibility index (Phi) is 2.97. The first-order valence-electron chi connectivity index (χ1n) is 5.87. The van der Waals surface area contributed by atoms with Crippen LogP contribution in [0, 0.1) is 6.92 Å². The van der Waals surface area contributed by atoms with Gasteiger partial charge in [-0.15, -0.1) is 0 Å². The van der Waals surface area contributed by atoms with Gasteiger partial charge in [0.2, 0.25) is 0 Å². The molecule has 2 rings (SSSR count). The van der Waals surface area contributed by atoms with Gasteiger partial charge in [0.05, 0.1) is 5.69 Å². The molecule has 0 atom stereocenters. The third-order valence-electron chi connectivity index (χ3n) is 2.80. The minimum Gasteiger partial charge on any atom is -0.242 e. The average molecular weight is 226 g/mol. The second-order valence-corrected chi connectivity index (χ2v) is 5.32. The van der Waals surface area contributed by atoms with Crippen molar-refractivity contribution in [2.24, 2.45) is 0 Å². The minimum atomic E-state index is 0.165. The number of aryl methyl sites for hydroxylation is 1. The van der Waals surface area contributed by atoms with Crippen molar-refractivity contribution in [3.63, 3.8) is 0 Å². The Bertz CT molecular complexity index is 524. The van der Waals surface area contributed by atoms with Crippen molar-refractivity contribution in [3.05, 3.63) is 47.9 Å². The number of benzene rings is 1. The predicted molar refractivity (Wildman–Crippen MR) is 70.9 cm³/mol. The van der Waals surface area contributed by atoms with Gasteiger partial charge in [0.25, 0.3) is 0 Å². The largest absolute Gasteiger partial charge is 0.242 e. The van der Waals surface area contributed by atoms with E-state index < -0.39 is 0 Å². The lowest BCUT2D eigenvalue weighted by molar-refractivity contribution is 0.590. The maximum Gasteiger partial charge on any atom is 0.125 e. The molecule has 0 N–H and O–H groups in total. The lowest BCUT2D eigenvalue weighted by atomic mass is 9.86. The van der Waals surface area contributed by atoms with Gasteiger partial charge in [0.1, 0.15) is 5.82 Å². The fourth-order valence-corrected chi connectivity index (χ4v) is 1.76. The van der Waals surface area contributed by atoms with Crippen LogP contribution in [0.5, 0.6) is 0 Å². The molecule has 0 unspecified atom stereocenters. The Morgan fingerprint density at radius 1 is 1.06 bits per heavy atom. The van der Waals surface area contributed by atoms with Gasteiger partial charge in [0.15, 0.2) is 0 Å². The van der Waals surface area contributed by atoms with E-state index in [4.69, 9.17) is 0 Å². The fourth-order valence-electron chi connectivity index (χ4n) is 1.76. The van der Waals surface area contributed by atoms with E-state index in [9.17, 15) is 0 Å². The van der Waals surface area contributed by atoms with Crippen molar-refractivity contribution in [2.45, 2.75) is 33.1 Å². The van der Waals surface area contributed by atoms with Crippen molar-refractivity contribution in [3.8, 4) is 11.3 Å². The Balaban J connectivity index is 2.47. The normalized spacial score (nSPS) is 11.5. The van der Waals surface area contributed by atoms with E-state index in [-0.39, 0.29) is 5.41 Å². The van der Waals surface area contributed by atoms with Crippen LogP contribution >= 0.6 is 0 Å². The van der Waals surface area contributed by atoms with Crippen LogP contribution in [-0.2, 0) is 5.41 Å². The highest BCUT2D eigenvalue weighted by molar-refractivity contribution is 5.60. The maximum atomic E-state index is 4.46. The quantitative estimate of drug-likeness (QED) is 0.740. The second kappa shape index (κ2) is 4.28. The summed E-state index contributed by atoms with van der Waals surface area (Å²) in [4.78, 5) is 8.58. The van der Waals surface area contributed by atoms with E-state index in [0.29, 0.717) is 0 Å². The van der Waals surface area contributed by atoms with Crippen LogP contribution in [0.3, 0.4) is 0 Å². The summed E-state index contributed by atoms with van der Waals surface area (Å²) in [5.74, 6) is 0.809. The molecule has 0 bridgehead atoms. The average Bonchev–Trinajstić information content (AvgIpc) is 2.28. The van der Waals surface area contributed by atoms with Crippen LogP contribution in [0.2, 0.25) is 0 Å². The van der Waals surface area contributed by atoms with Crippen LogP contribution in [0.1, 0.15) is 32.2 Å². The van der Waals surface area contributed by atoms with Crippen LogP contribution in [0.4, 0.5) is 0 Å². The molecule has 0 fully saturated rings. The molecule has 0 spiro atoms. The van der Waals surface area contributed by atoms with Crippen LogP contribution in [-0.4, -0.2) is 9.97 Å². The Labute approximate surface area is 103 Å². The molecule has 88 valence electrons. The van der Waals surface area contributed by atoms with Gasteiger partial charge in [-0.25, -0.2) is 9.97 Å². The van der Waals surface area contributed by atoms with E-state index in [1.54, 1.807) is 6.20 Å². The summed E-state index contributed by atoms with van der Waals surface area (Å²) in [6, 6.07) is 10.5. The fraction of sp³-hybridized carbons (Fsp3) is 0.333. The summed E-state index contributed by atoms with van der Waals surface area (Å²) in [5, 5.41) is 0. The van der Waals surface area contributed by atoms with Gasteiger partial charge in [0, 0.05) is 11.8 Å². The highest BCUT2D eigenvalue weighted by Crippen LogP contribution is 2.26. The van der Waals surface area contributed by atoms with Crippen molar-refractivity contribution in [2.75, 3.05) is 0 Å². The molecular weight excluding hydrogens is 208 g/mol. The maximum absolute atomic E-state index is 4.46. The van der Waals surface area contributed by atoms with E-state index in [0.717, 1.165) is 17.1 Å². The first-order chi connectivity index (χ1) is 7.97. The molecule has 0 aliphatic heterocycles. The SMILES string of the molecule is Cc1nccc(-c2cccc(C(C)(C)C)c2)n1. The molecule has 0 radical (unpaired) electrons. The highest BCUT2D eigenvalue weighted by Gasteiger charge is 2.14. The zero-order chi connectivity index (χ0) is 12.5. The van der Waals surface area contributed by atoms with Crippen LogP contribution in [0.15, 0.2) is 36.5 Å². The summed E-state index contributed by atoms with van der Waals surface area (Å²) in [6.07, 6.45) is 1.81. The van der Waals surface area contributed by atoms with Crippen molar-refractivity contribution >= 4 is 0 Å². The number of rotatable bonds is 1. The van der Waals surface area contributed by atoms with Crippen molar-refractivity contribution in [1.29, 1.82) is 0 Å². The molecule has 1 aromatic heterocycles. The van der Waals surface area contributed by atoms with Gasteiger partial charge in [-0.3, -0.25) is 0 Å². The summed E-state index contributed by atoms with van der Waals surface area (Å²) in [6.45, 7) is 8.57. The van der Waals surface area contributed by atoms with Gasteiger partial charge in [-0.05, 0) is 30.0 Å². The predicted octanol–water partition coefficient (Wildman–Crippen LogP) is 3.75. The number of aromatic nitrogens is 2. The van der Waals surface area contributed by atoms with Crippen LogP contribution in [0.25, 0.3) is 11.3 Å². The first-order valence-corrected chi connectivity index (χ1v) is 5.87. The summed E-state index contributed by atoms with van der Waals surface area (Å²) in [5.41, 5.74) is 3.63. The van der Waals surface area contributed by atoms with Gasteiger partial charge in [-0.1, -0.05) is 39.0 Å². The molecule has 0 saturated heterocycles. The molecule has 2 aromatic rings. The molecule has 1 aromatic carbocycles. The Morgan fingerprint density at radius 3 is 2.47 bits per heavy atom. The zero-order valence-corrected chi connectivity index (χ0v) is 10.9. The lowest BCUT2D eigenvalue weighted by Crippen LogP contribution is -2.10. The highest BCUT2D eigenvalue weighted by atomic mass is 14.9. The van der Waals surface area contributed by atoms with Gasteiger partial charge < -0.3 is 0 Å². The topological polar surface area (TPSA) is 25.8 Å². The Morgan fingerprint density at radius 2 is 1.82 bits per heavy atom.